The second-order valence-electron chi connectivity index (χ2n) is 5.20. The van der Waals surface area contributed by atoms with Gasteiger partial charge in [0.2, 0.25) is 0 Å². The Labute approximate surface area is 142 Å². The van der Waals surface area contributed by atoms with Crippen LogP contribution in [0.2, 0.25) is 0 Å². The smallest absolute Gasteiger partial charge is 0.0758 e. The van der Waals surface area contributed by atoms with Gasteiger partial charge in [-0.1, -0.05) is 94.9 Å². The molecular weight excluding hydrogens is 332 g/mol. The van der Waals surface area contributed by atoms with Crippen LogP contribution in [-0.4, -0.2) is 4.83 Å². The van der Waals surface area contributed by atoms with Crippen LogP contribution in [0.15, 0.2) is 66.7 Å². The molecule has 0 aliphatic rings. The summed E-state index contributed by atoms with van der Waals surface area (Å²) in [4.78, 5) is 0.283. The number of allylic oxidation sites excluding steroid dienone is 1. The van der Waals surface area contributed by atoms with E-state index in [1.54, 1.807) is 0 Å². The fourth-order valence-corrected chi connectivity index (χ4v) is 2.56. The maximum absolute atomic E-state index is 3.65. The van der Waals surface area contributed by atoms with Crippen LogP contribution in [0.5, 0.6) is 0 Å². The molecule has 0 aliphatic carbocycles. The summed E-state index contributed by atoms with van der Waals surface area (Å²) in [6.07, 6.45) is 9.08. The van der Waals surface area contributed by atoms with Crippen molar-refractivity contribution in [2.24, 2.45) is 0 Å². The van der Waals surface area contributed by atoms with Crippen LogP contribution in [0.3, 0.4) is 0 Å². The van der Waals surface area contributed by atoms with Crippen molar-refractivity contribution in [1.29, 1.82) is 0 Å². The van der Waals surface area contributed by atoms with Crippen LogP contribution in [-0.2, 0) is 0 Å². The van der Waals surface area contributed by atoms with Crippen LogP contribution in [0, 0.1) is 11.8 Å². The average Bonchev–Trinajstić information content (AvgIpc) is 2.58. The Morgan fingerprint density at radius 1 is 0.909 bits per heavy atom. The Bertz CT molecular complexity index is 617. The molecule has 0 fully saturated rings. The first-order chi connectivity index (χ1) is 10.8. The van der Waals surface area contributed by atoms with E-state index in [-0.39, 0.29) is 4.83 Å². The molecule has 0 saturated heterocycles. The Balaban J connectivity index is 1.62. The molecule has 0 spiro atoms. The fraction of sp³-hybridized carbons (Fsp3) is 0.238. The van der Waals surface area contributed by atoms with E-state index in [9.17, 15) is 0 Å². The predicted molar refractivity (Wildman–Crippen MR) is 100.0 cm³/mol. The fourth-order valence-electron chi connectivity index (χ4n) is 2.12. The SMILES string of the molecule is BrC(C#Cc1ccccc1)CCCC/C=C/c1ccccc1. The summed E-state index contributed by atoms with van der Waals surface area (Å²) in [5.74, 6) is 6.47. The first kappa shape index (κ1) is 16.6. The van der Waals surface area contributed by atoms with Crippen LogP contribution in [0.1, 0.15) is 36.8 Å². The topological polar surface area (TPSA) is 0 Å². The third-order valence-electron chi connectivity index (χ3n) is 3.34. The van der Waals surface area contributed by atoms with Crippen molar-refractivity contribution in [1.82, 2.24) is 0 Å². The van der Waals surface area contributed by atoms with Gasteiger partial charge < -0.3 is 0 Å². The molecule has 0 amide bonds. The Morgan fingerprint density at radius 2 is 1.59 bits per heavy atom. The number of rotatable bonds is 6. The lowest BCUT2D eigenvalue weighted by molar-refractivity contribution is 0.713. The maximum atomic E-state index is 3.65. The lowest BCUT2D eigenvalue weighted by atomic mass is 10.1. The van der Waals surface area contributed by atoms with Gasteiger partial charge >= 0.3 is 0 Å². The van der Waals surface area contributed by atoms with Gasteiger partial charge in [0.25, 0.3) is 0 Å². The second kappa shape index (κ2) is 10.0. The minimum absolute atomic E-state index is 0.283. The lowest BCUT2D eigenvalue weighted by Gasteiger charge is -2.00. The van der Waals surface area contributed by atoms with Crippen molar-refractivity contribution in [2.45, 2.75) is 30.5 Å². The number of unbranched alkanes of at least 4 members (excludes halogenated alkanes) is 2. The molecule has 1 unspecified atom stereocenters. The van der Waals surface area contributed by atoms with E-state index >= 15 is 0 Å². The van der Waals surface area contributed by atoms with Gasteiger partial charge in [-0.2, -0.15) is 0 Å². The van der Waals surface area contributed by atoms with E-state index in [1.807, 2.05) is 36.4 Å². The summed E-state index contributed by atoms with van der Waals surface area (Å²) in [6.45, 7) is 0. The molecule has 2 aromatic carbocycles. The highest BCUT2D eigenvalue weighted by Crippen LogP contribution is 2.12. The van der Waals surface area contributed by atoms with Crippen LogP contribution >= 0.6 is 15.9 Å². The van der Waals surface area contributed by atoms with E-state index in [0.717, 1.165) is 18.4 Å². The van der Waals surface area contributed by atoms with Gasteiger partial charge in [-0.05, 0) is 37.0 Å². The Hall–Kier alpha value is -1.78. The molecule has 2 rings (SSSR count). The number of benzene rings is 2. The first-order valence-corrected chi connectivity index (χ1v) is 8.68. The standard InChI is InChI=1S/C21H21Br/c22-21(18-17-20-14-8-4-9-15-20)16-10-2-1-5-11-19-12-6-3-7-13-19/h3-9,11-15,21H,1-2,10,16H2/b11-5+. The van der Waals surface area contributed by atoms with Crippen molar-refractivity contribution < 1.29 is 0 Å². The summed E-state index contributed by atoms with van der Waals surface area (Å²) < 4.78 is 0. The highest BCUT2D eigenvalue weighted by atomic mass is 79.9. The third kappa shape index (κ3) is 6.78. The van der Waals surface area contributed by atoms with Gasteiger partial charge in [0.15, 0.2) is 0 Å². The molecule has 0 saturated carbocycles. The number of halogens is 1. The highest BCUT2D eigenvalue weighted by Gasteiger charge is 1.98. The zero-order chi connectivity index (χ0) is 15.5. The quantitative estimate of drug-likeness (QED) is 0.336. The van der Waals surface area contributed by atoms with Gasteiger partial charge in [0.05, 0.1) is 4.83 Å². The average molecular weight is 353 g/mol. The summed E-state index contributed by atoms with van der Waals surface area (Å²) in [6, 6.07) is 20.6. The van der Waals surface area contributed by atoms with Gasteiger partial charge in [-0.3, -0.25) is 0 Å². The van der Waals surface area contributed by atoms with E-state index < -0.39 is 0 Å². The summed E-state index contributed by atoms with van der Waals surface area (Å²) in [5.41, 5.74) is 2.35. The van der Waals surface area contributed by atoms with Crippen LogP contribution < -0.4 is 0 Å². The molecule has 0 radical (unpaired) electrons. The third-order valence-corrected chi connectivity index (χ3v) is 4.02. The second-order valence-corrected chi connectivity index (χ2v) is 6.31. The molecule has 0 bridgehead atoms. The molecule has 0 aliphatic heterocycles. The molecule has 0 nitrogen and oxygen atoms in total. The van der Waals surface area contributed by atoms with Crippen molar-refractivity contribution in [3.05, 3.63) is 77.9 Å². The minimum Gasteiger partial charge on any atom is -0.0839 e. The molecule has 1 heteroatoms. The largest absolute Gasteiger partial charge is 0.0839 e. The summed E-state index contributed by atoms with van der Waals surface area (Å²) in [7, 11) is 0. The van der Waals surface area contributed by atoms with Gasteiger partial charge in [0.1, 0.15) is 0 Å². The summed E-state index contributed by atoms with van der Waals surface area (Å²) >= 11 is 3.65. The molecule has 1 atom stereocenters. The minimum atomic E-state index is 0.283. The zero-order valence-electron chi connectivity index (χ0n) is 12.7. The summed E-state index contributed by atoms with van der Waals surface area (Å²) in [5, 5.41) is 0. The zero-order valence-corrected chi connectivity index (χ0v) is 14.3. The Kier molecular flexibility index (Phi) is 7.56. The molecule has 0 heterocycles. The lowest BCUT2D eigenvalue weighted by Crippen LogP contribution is -1.93. The van der Waals surface area contributed by atoms with Crippen LogP contribution in [0.4, 0.5) is 0 Å². The molecule has 2 aromatic rings. The van der Waals surface area contributed by atoms with Crippen LogP contribution in [0.25, 0.3) is 6.08 Å². The number of hydrogen-bond acceptors (Lipinski definition) is 0. The normalized spacial score (nSPS) is 11.9. The van der Waals surface area contributed by atoms with Crippen molar-refractivity contribution in [3.8, 4) is 11.8 Å². The van der Waals surface area contributed by atoms with E-state index in [2.05, 4.69) is 64.2 Å². The van der Waals surface area contributed by atoms with Crippen molar-refractivity contribution in [2.75, 3.05) is 0 Å². The van der Waals surface area contributed by atoms with E-state index in [0.29, 0.717) is 0 Å². The van der Waals surface area contributed by atoms with Gasteiger partial charge in [0, 0.05) is 5.56 Å². The number of hydrogen-bond donors (Lipinski definition) is 0. The molecule has 0 aromatic heterocycles. The van der Waals surface area contributed by atoms with Gasteiger partial charge in [-0.25, -0.2) is 0 Å². The van der Waals surface area contributed by atoms with E-state index in [1.165, 1.54) is 18.4 Å². The van der Waals surface area contributed by atoms with Crippen molar-refractivity contribution >= 4 is 22.0 Å². The predicted octanol–water partition coefficient (Wildman–Crippen LogP) is 6.08. The maximum Gasteiger partial charge on any atom is 0.0758 e. The first-order valence-electron chi connectivity index (χ1n) is 7.77. The molecule has 0 N–H and O–H groups in total. The van der Waals surface area contributed by atoms with E-state index in [4.69, 9.17) is 0 Å². The van der Waals surface area contributed by atoms with Crippen molar-refractivity contribution in [3.63, 3.8) is 0 Å². The molecular formula is C21H21Br. The van der Waals surface area contributed by atoms with Gasteiger partial charge in [-0.15, -0.1) is 0 Å². The molecule has 112 valence electrons. The Morgan fingerprint density at radius 3 is 2.32 bits per heavy atom. The monoisotopic (exact) mass is 352 g/mol. The highest BCUT2D eigenvalue weighted by molar-refractivity contribution is 9.09. The number of alkyl halides is 1. The molecule has 22 heavy (non-hydrogen) atoms.